The average Bonchev–Trinajstić information content (AvgIpc) is 2.46. The molecule has 2 nitrogen and oxygen atoms in total. The van der Waals surface area contributed by atoms with Gasteiger partial charge in [-0.2, -0.15) is 0 Å². The number of ether oxygens (including phenoxy) is 1. The Balaban J connectivity index is 2.42. The summed E-state index contributed by atoms with van der Waals surface area (Å²) in [6.07, 6.45) is 1.69. The highest BCUT2D eigenvalue weighted by atomic mass is 32.1. The molecule has 0 aliphatic carbocycles. The number of thiophene rings is 1. The smallest absolute Gasteiger partial charge is 0.178 e. The van der Waals surface area contributed by atoms with Gasteiger partial charge in [0.05, 0.1) is 17.6 Å². The van der Waals surface area contributed by atoms with Gasteiger partial charge in [0.25, 0.3) is 0 Å². The summed E-state index contributed by atoms with van der Waals surface area (Å²) in [7, 11) is 0. The Labute approximate surface area is 68.4 Å². The Bertz CT molecular complexity index is 319. The summed E-state index contributed by atoms with van der Waals surface area (Å²) in [6.45, 7) is 2.69. The molecule has 0 fully saturated rings. The number of fused-ring (bicyclic) bond motifs is 1. The van der Waals surface area contributed by atoms with Crippen LogP contribution in [0.4, 0.5) is 0 Å². The molecule has 0 radical (unpaired) electrons. The van der Waals surface area contributed by atoms with E-state index in [9.17, 15) is 0 Å². The molecule has 0 saturated carbocycles. The van der Waals surface area contributed by atoms with Crippen molar-refractivity contribution in [2.45, 2.75) is 6.92 Å². The van der Waals surface area contributed by atoms with Gasteiger partial charge in [-0.05, 0) is 13.0 Å². The molecule has 0 saturated heterocycles. The second kappa shape index (κ2) is 2.58. The van der Waals surface area contributed by atoms with Crippen molar-refractivity contribution in [2.75, 3.05) is 6.61 Å². The fraction of sp³-hybridized carbons (Fsp3) is 0.250. The van der Waals surface area contributed by atoms with Crippen LogP contribution in [0.2, 0.25) is 0 Å². The van der Waals surface area contributed by atoms with Crippen LogP contribution in [0.5, 0.6) is 5.06 Å². The highest BCUT2D eigenvalue weighted by Gasteiger charge is 2.03. The lowest BCUT2D eigenvalue weighted by Crippen LogP contribution is -1.86. The van der Waals surface area contributed by atoms with Crippen molar-refractivity contribution >= 4 is 21.6 Å². The Kier molecular flexibility index (Phi) is 1.58. The number of hydrogen-bond donors (Lipinski definition) is 0. The Morgan fingerprint density at radius 2 is 2.55 bits per heavy atom. The molecule has 0 bridgehead atoms. The largest absolute Gasteiger partial charge is 0.484 e. The molecule has 0 spiro atoms. The topological polar surface area (TPSA) is 22.4 Å². The molecule has 0 aromatic carbocycles. The molecule has 0 amide bonds. The molecule has 2 aromatic rings. The first-order chi connectivity index (χ1) is 5.40. The van der Waals surface area contributed by atoms with Crippen LogP contribution in [0.1, 0.15) is 6.92 Å². The van der Waals surface area contributed by atoms with Crippen molar-refractivity contribution in [2.24, 2.45) is 0 Å². The Hall–Kier alpha value is -0.960. The van der Waals surface area contributed by atoms with Crippen LogP contribution >= 0.6 is 11.3 Å². The molecule has 0 unspecified atom stereocenters. The summed E-state index contributed by atoms with van der Waals surface area (Å²) in [5, 5.41) is 0.932. The molecule has 3 heteroatoms. The van der Waals surface area contributed by atoms with Crippen molar-refractivity contribution in [1.29, 1.82) is 0 Å². The third kappa shape index (κ3) is 1.12. The first kappa shape index (κ1) is 6.73. The first-order valence-corrected chi connectivity index (χ1v) is 4.31. The van der Waals surface area contributed by atoms with E-state index in [1.807, 2.05) is 19.1 Å². The number of rotatable bonds is 2. The van der Waals surface area contributed by atoms with Crippen molar-refractivity contribution in [1.82, 2.24) is 0 Å². The predicted octanol–water partition coefficient (Wildman–Crippen LogP) is 2.89. The molecule has 0 atom stereocenters. The van der Waals surface area contributed by atoms with E-state index in [-0.39, 0.29) is 0 Å². The minimum Gasteiger partial charge on any atom is -0.484 e. The molecule has 58 valence electrons. The van der Waals surface area contributed by atoms with Crippen LogP contribution in [0.3, 0.4) is 0 Å². The van der Waals surface area contributed by atoms with E-state index in [1.54, 1.807) is 17.6 Å². The van der Waals surface area contributed by atoms with Crippen LogP contribution in [-0.2, 0) is 0 Å². The fourth-order valence-corrected chi connectivity index (χ4v) is 1.85. The maximum Gasteiger partial charge on any atom is 0.178 e. The van der Waals surface area contributed by atoms with Gasteiger partial charge in [-0.25, -0.2) is 0 Å². The van der Waals surface area contributed by atoms with E-state index in [1.165, 1.54) is 0 Å². The zero-order valence-corrected chi connectivity index (χ0v) is 6.98. The zero-order chi connectivity index (χ0) is 7.68. The summed E-state index contributed by atoms with van der Waals surface area (Å²) < 4.78 is 11.6. The molecule has 2 aromatic heterocycles. The molecule has 0 N–H and O–H groups in total. The second-order valence-corrected chi connectivity index (χ2v) is 3.19. The normalized spacial score (nSPS) is 10.6. The molecular weight excluding hydrogens is 160 g/mol. The van der Waals surface area contributed by atoms with Crippen molar-refractivity contribution in [3.8, 4) is 5.06 Å². The van der Waals surface area contributed by atoms with Gasteiger partial charge in [-0.1, -0.05) is 11.3 Å². The van der Waals surface area contributed by atoms with Gasteiger partial charge in [0.2, 0.25) is 0 Å². The summed E-state index contributed by atoms with van der Waals surface area (Å²) >= 11 is 1.61. The van der Waals surface area contributed by atoms with Gasteiger partial charge < -0.3 is 9.15 Å². The Morgan fingerprint density at radius 3 is 3.27 bits per heavy atom. The summed E-state index contributed by atoms with van der Waals surface area (Å²) in [5.41, 5.74) is 0.915. The molecule has 2 rings (SSSR count). The summed E-state index contributed by atoms with van der Waals surface area (Å²) in [6, 6.07) is 3.87. The first-order valence-electron chi connectivity index (χ1n) is 3.50. The average molecular weight is 168 g/mol. The Morgan fingerprint density at radius 1 is 1.64 bits per heavy atom. The summed E-state index contributed by atoms with van der Waals surface area (Å²) in [5.74, 6) is 0. The van der Waals surface area contributed by atoms with Crippen molar-refractivity contribution < 1.29 is 9.15 Å². The number of furan rings is 1. The lowest BCUT2D eigenvalue weighted by molar-refractivity contribution is 0.350. The second-order valence-electron chi connectivity index (χ2n) is 2.15. The van der Waals surface area contributed by atoms with E-state index in [4.69, 9.17) is 9.15 Å². The molecule has 11 heavy (non-hydrogen) atoms. The van der Waals surface area contributed by atoms with E-state index in [0.717, 1.165) is 15.3 Å². The van der Waals surface area contributed by atoms with Crippen LogP contribution < -0.4 is 4.74 Å². The SMILES string of the molecule is CCOc1cc2occc2s1. The van der Waals surface area contributed by atoms with Crippen LogP contribution in [0, 0.1) is 0 Å². The van der Waals surface area contributed by atoms with Gasteiger partial charge in [-0.15, -0.1) is 0 Å². The maximum atomic E-state index is 5.31. The van der Waals surface area contributed by atoms with Crippen LogP contribution in [-0.4, -0.2) is 6.61 Å². The third-order valence-electron chi connectivity index (χ3n) is 1.40. The van der Waals surface area contributed by atoms with Crippen LogP contribution in [0.15, 0.2) is 22.8 Å². The predicted molar refractivity (Wildman–Crippen MR) is 45.3 cm³/mol. The third-order valence-corrected chi connectivity index (χ3v) is 2.40. The molecular formula is C8H8O2S. The minimum absolute atomic E-state index is 0.711. The van der Waals surface area contributed by atoms with Crippen LogP contribution in [0.25, 0.3) is 10.3 Å². The van der Waals surface area contributed by atoms with Gasteiger partial charge in [0, 0.05) is 6.07 Å². The zero-order valence-electron chi connectivity index (χ0n) is 6.16. The van der Waals surface area contributed by atoms with Gasteiger partial charge in [0.15, 0.2) is 5.06 Å². The number of hydrogen-bond acceptors (Lipinski definition) is 3. The van der Waals surface area contributed by atoms with E-state index < -0.39 is 0 Å². The fourth-order valence-electron chi connectivity index (χ4n) is 0.957. The highest BCUT2D eigenvalue weighted by Crippen LogP contribution is 2.31. The van der Waals surface area contributed by atoms with Crippen molar-refractivity contribution in [3.05, 3.63) is 18.4 Å². The highest BCUT2D eigenvalue weighted by molar-refractivity contribution is 7.20. The minimum atomic E-state index is 0.711. The van der Waals surface area contributed by atoms with Gasteiger partial charge >= 0.3 is 0 Å². The quantitative estimate of drug-likeness (QED) is 0.688. The maximum absolute atomic E-state index is 5.31. The van der Waals surface area contributed by atoms with Gasteiger partial charge in [0.1, 0.15) is 5.58 Å². The molecule has 0 aliphatic heterocycles. The molecule has 0 aliphatic rings. The van der Waals surface area contributed by atoms with E-state index in [0.29, 0.717) is 6.61 Å². The summed E-state index contributed by atoms with van der Waals surface area (Å²) in [4.78, 5) is 0. The van der Waals surface area contributed by atoms with E-state index >= 15 is 0 Å². The lowest BCUT2D eigenvalue weighted by Gasteiger charge is -1.93. The molecule has 2 heterocycles. The van der Waals surface area contributed by atoms with Crippen molar-refractivity contribution in [3.63, 3.8) is 0 Å². The monoisotopic (exact) mass is 168 g/mol. The lowest BCUT2D eigenvalue weighted by atomic mass is 10.5. The van der Waals surface area contributed by atoms with Gasteiger partial charge in [-0.3, -0.25) is 0 Å². The van der Waals surface area contributed by atoms with E-state index in [2.05, 4.69) is 0 Å². The standard InChI is InChI=1S/C8H8O2S/c1-2-9-8-5-6-7(11-8)3-4-10-6/h3-5H,2H2,1H3.